The molecule has 1 fully saturated rings. The van der Waals surface area contributed by atoms with Crippen LogP contribution in [0.2, 0.25) is 0 Å². The molecule has 1 saturated heterocycles. The molecule has 0 aromatic heterocycles. The predicted molar refractivity (Wildman–Crippen MR) is 70.7 cm³/mol. The lowest BCUT2D eigenvalue weighted by Gasteiger charge is -2.38. The Kier molecular flexibility index (Phi) is 3.87. The molecule has 1 spiro atoms. The van der Waals surface area contributed by atoms with E-state index in [1.54, 1.807) is 0 Å². The number of ether oxygens (including phenoxy) is 1. The van der Waals surface area contributed by atoms with Crippen molar-refractivity contribution < 1.29 is 9.53 Å². The molecule has 0 radical (unpaired) electrons. The minimum atomic E-state index is 0.0202. The molecule has 0 saturated carbocycles. The number of likely N-dealkylation sites (tertiary alicyclic amines) is 1. The first-order chi connectivity index (χ1) is 8.72. The van der Waals surface area contributed by atoms with Gasteiger partial charge in [0.15, 0.2) is 0 Å². The number of hydrogen-bond acceptors (Lipinski definition) is 3. The monoisotopic (exact) mass is 248 g/mol. The zero-order chi connectivity index (χ0) is 13.0. The second kappa shape index (κ2) is 5.40. The molecular weight excluding hydrogens is 228 g/mol. The molecule has 2 aliphatic heterocycles. The summed E-state index contributed by atoms with van der Waals surface area (Å²) in [4.78, 5) is 13.4. The summed E-state index contributed by atoms with van der Waals surface area (Å²) in [5.74, 6) is 0.0202. The van der Waals surface area contributed by atoms with Gasteiger partial charge >= 0.3 is 0 Å². The quantitative estimate of drug-likeness (QED) is 0.764. The highest BCUT2D eigenvalue weighted by atomic mass is 16.5. The summed E-state index contributed by atoms with van der Waals surface area (Å²) in [6, 6.07) is 0. The average molecular weight is 248 g/mol. The standard InChI is InChI=1S/C14H20N2O2/c1-2-13(17)16-8-5-14(6-9-16)11-18-10-12(14)4-3-7-15/h2-4,10H,1,5-9,11,15H2/b4-3+. The number of nitrogens with two attached hydrogens (primary N) is 1. The summed E-state index contributed by atoms with van der Waals surface area (Å²) < 4.78 is 5.49. The molecule has 0 aromatic rings. The second-order valence-electron chi connectivity index (χ2n) is 4.83. The van der Waals surface area contributed by atoms with E-state index in [1.165, 1.54) is 11.6 Å². The van der Waals surface area contributed by atoms with Gasteiger partial charge in [0.25, 0.3) is 0 Å². The summed E-state index contributed by atoms with van der Waals surface area (Å²) in [6.45, 7) is 6.31. The number of amides is 1. The van der Waals surface area contributed by atoms with Crippen molar-refractivity contribution in [2.24, 2.45) is 11.1 Å². The van der Waals surface area contributed by atoms with Crippen molar-refractivity contribution in [2.75, 3.05) is 26.2 Å². The van der Waals surface area contributed by atoms with Crippen molar-refractivity contribution in [1.29, 1.82) is 0 Å². The minimum Gasteiger partial charge on any atom is -0.500 e. The summed E-state index contributed by atoms with van der Waals surface area (Å²) >= 11 is 0. The van der Waals surface area contributed by atoms with E-state index in [0.29, 0.717) is 13.2 Å². The Labute approximate surface area is 108 Å². The van der Waals surface area contributed by atoms with Gasteiger partial charge in [-0.2, -0.15) is 0 Å². The summed E-state index contributed by atoms with van der Waals surface area (Å²) in [7, 11) is 0. The molecule has 0 aliphatic carbocycles. The van der Waals surface area contributed by atoms with Crippen LogP contribution in [0.3, 0.4) is 0 Å². The highest BCUT2D eigenvalue weighted by Gasteiger charge is 2.41. The summed E-state index contributed by atoms with van der Waals surface area (Å²) in [5.41, 5.74) is 6.77. The van der Waals surface area contributed by atoms with E-state index < -0.39 is 0 Å². The fourth-order valence-corrected chi connectivity index (χ4v) is 2.63. The van der Waals surface area contributed by atoms with Gasteiger partial charge in [0.2, 0.25) is 5.91 Å². The number of carbonyl (C=O) groups is 1. The Morgan fingerprint density at radius 1 is 1.56 bits per heavy atom. The molecule has 2 N–H and O–H groups in total. The Morgan fingerprint density at radius 2 is 2.28 bits per heavy atom. The van der Waals surface area contributed by atoms with Gasteiger partial charge in [-0.05, 0) is 24.5 Å². The lowest BCUT2D eigenvalue weighted by atomic mass is 9.74. The molecule has 4 nitrogen and oxygen atoms in total. The summed E-state index contributed by atoms with van der Waals surface area (Å²) in [5, 5.41) is 0. The van der Waals surface area contributed by atoms with Crippen LogP contribution in [0.5, 0.6) is 0 Å². The van der Waals surface area contributed by atoms with Gasteiger partial charge in [0, 0.05) is 25.0 Å². The molecule has 18 heavy (non-hydrogen) atoms. The number of rotatable bonds is 3. The van der Waals surface area contributed by atoms with Crippen molar-refractivity contribution >= 4 is 5.91 Å². The molecule has 2 aliphatic rings. The highest BCUT2D eigenvalue weighted by Crippen LogP contribution is 2.43. The van der Waals surface area contributed by atoms with E-state index >= 15 is 0 Å². The smallest absolute Gasteiger partial charge is 0.245 e. The fourth-order valence-electron chi connectivity index (χ4n) is 2.63. The minimum absolute atomic E-state index is 0.0202. The Hall–Kier alpha value is -1.55. The van der Waals surface area contributed by atoms with E-state index in [2.05, 4.69) is 12.7 Å². The van der Waals surface area contributed by atoms with Crippen molar-refractivity contribution in [2.45, 2.75) is 12.8 Å². The molecule has 0 aromatic carbocycles. The maximum Gasteiger partial charge on any atom is 0.245 e. The largest absolute Gasteiger partial charge is 0.500 e. The van der Waals surface area contributed by atoms with E-state index in [0.717, 1.165) is 25.9 Å². The van der Waals surface area contributed by atoms with Crippen molar-refractivity contribution in [3.63, 3.8) is 0 Å². The predicted octanol–water partition coefficient (Wildman–Crippen LogP) is 1.21. The van der Waals surface area contributed by atoms with Crippen molar-refractivity contribution in [3.05, 3.63) is 36.6 Å². The number of piperidine rings is 1. The average Bonchev–Trinajstić information content (AvgIpc) is 2.79. The maximum atomic E-state index is 11.6. The molecular formula is C14H20N2O2. The number of nitrogens with zero attached hydrogens (tertiary/aromatic N) is 1. The van der Waals surface area contributed by atoms with Gasteiger partial charge in [-0.3, -0.25) is 4.79 Å². The lowest BCUT2D eigenvalue weighted by Crippen LogP contribution is -2.43. The molecule has 2 heterocycles. The number of carbonyl (C=O) groups excluding carboxylic acids is 1. The summed E-state index contributed by atoms with van der Waals surface area (Å²) in [6.07, 6.45) is 9.09. The van der Waals surface area contributed by atoms with Crippen LogP contribution in [-0.2, 0) is 9.53 Å². The zero-order valence-corrected chi connectivity index (χ0v) is 10.6. The zero-order valence-electron chi connectivity index (χ0n) is 10.6. The van der Waals surface area contributed by atoms with Crippen LogP contribution < -0.4 is 5.73 Å². The van der Waals surface area contributed by atoms with Gasteiger partial charge < -0.3 is 15.4 Å². The van der Waals surface area contributed by atoms with Crippen LogP contribution in [0.15, 0.2) is 36.6 Å². The first-order valence-corrected chi connectivity index (χ1v) is 6.32. The molecule has 2 rings (SSSR count). The van der Waals surface area contributed by atoms with E-state index in [9.17, 15) is 4.79 Å². The van der Waals surface area contributed by atoms with Gasteiger partial charge in [-0.1, -0.05) is 18.7 Å². The van der Waals surface area contributed by atoms with E-state index in [4.69, 9.17) is 10.5 Å². The second-order valence-corrected chi connectivity index (χ2v) is 4.83. The van der Waals surface area contributed by atoms with Gasteiger partial charge in [0.1, 0.15) is 0 Å². The van der Waals surface area contributed by atoms with Crippen LogP contribution in [0.4, 0.5) is 0 Å². The molecule has 1 amide bonds. The number of hydrogen-bond donors (Lipinski definition) is 1. The van der Waals surface area contributed by atoms with Crippen LogP contribution in [-0.4, -0.2) is 37.0 Å². The normalized spacial score (nSPS) is 22.1. The van der Waals surface area contributed by atoms with Gasteiger partial charge in [-0.25, -0.2) is 0 Å². The Morgan fingerprint density at radius 3 is 2.89 bits per heavy atom. The SMILES string of the molecule is C=CC(=O)N1CCC2(CC1)COC=C2/C=C/CN. The number of allylic oxidation sites excluding steroid dienone is 1. The third-order valence-electron chi connectivity index (χ3n) is 3.82. The van der Waals surface area contributed by atoms with Crippen LogP contribution >= 0.6 is 0 Å². The third kappa shape index (κ3) is 2.34. The molecule has 0 atom stereocenters. The van der Waals surface area contributed by atoms with Crippen LogP contribution in [0.25, 0.3) is 0 Å². The maximum absolute atomic E-state index is 11.6. The lowest BCUT2D eigenvalue weighted by molar-refractivity contribution is -0.128. The Bertz CT molecular complexity index is 391. The van der Waals surface area contributed by atoms with E-state index in [-0.39, 0.29) is 11.3 Å². The highest BCUT2D eigenvalue weighted by molar-refractivity contribution is 5.87. The first kappa shape index (κ1) is 12.9. The van der Waals surface area contributed by atoms with Gasteiger partial charge in [-0.15, -0.1) is 0 Å². The molecule has 4 heteroatoms. The van der Waals surface area contributed by atoms with Crippen molar-refractivity contribution in [1.82, 2.24) is 4.90 Å². The third-order valence-corrected chi connectivity index (χ3v) is 3.82. The first-order valence-electron chi connectivity index (χ1n) is 6.32. The Balaban J connectivity index is 2.03. The molecule has 0 unspecified atom stereocenters. The van der Waals surface area contributed by atoms with Crippen molar-refractivity contribution in [3.8, 4) is 0 Å². The molecule has 98 valence electrons. The van der Waals surface area contributed by atoms with Gasteiger partial charge in [0.05, 0.1) is 12.9 Å². The van der Waals surface area contributed by atoms with Crippen LogP contribution in [0.1, 0.15) is 12.8 Å². The topological polar surface area (TPSA) is 55.6 Å². The fraction of sp³-hybridized carbons (Fsp3) is 0.500. The molecule has 0 bridgehead atoms. The van der Waals surface area contributed by atoms with Crippen LogP contribution in [0, 0.1) is 5.41 Å². The van der Waals surface area contributed by atoms with E-state index in [1.807, 2.05) is 17.2 Å².